The Morgan fingerprint density at radius 1 is 0.857 bits per heavy atom. The van der Waals surface area contributed by atoms with Crippen LogP contribution < -0.4 is 16.1 Å². The molecule has 0 aliphatic heterocycles. The Labute approximate surface area is 170 Å². The summed E-state index contributed by atoms with van der Waals surface area (Å²) in [5.74, 6) is -0.732. The number of hydrogen-bond acceptors (Lipinski definition) is 4. The molecule has 0 aliphatic rings. The van der Waals surface area contributed by atoms with Crippen LogP contribution in [0.1, 0.15) is 22.0 Å². The van der Waals surface area contributed by atoms with Crippen molar-refractivity contribution in [1.82, 2.24) is 5.32 Å². The fraction of sp³-hybridized carbons (Fsp3) is 0.0476. The third-order valence-electron chi connectivity index (χ3n) is 4.04. The van der Waals surface area contributed by atoms with E-state index in [1.54, 1.807) is 54.6 Å². The van der Waals surface area contributed by atoms with Gasteiger partial charge in [-0.15, -0.1) is 0 Å². The van der Waals surface area contributed by atoms with Gasteiger partial charge in [0.2, 0.25) is 0 Å². The Morgan fingerprint density at radius 3 is 2.18 bits per heavy atom. The van der Waals surface area contributed by atoms with E-state index in [4.69, 9.17) is 5.21 Å². The maximum Gasteiger partial charge on any atom is 0.252 e. The van der Waals surface area contributed by atoms with Crippen LogP contribution in [0.25, 0.3) is 0 Å². The van der Waals surface area contributed by atoms with Crippen LogP contribution in [-0.4, -0.2) is 17.0 Å². The van der Waals surface area contributed by atoms with Crippen LogP contribution in [0.5, 0.6) is 0 Å². The molecule has 0 saturated heterocycles. The molecule has 28 heavy (non-hydrogen) atoms. The number of halogens is 1. The van der Waals surface area contributed by atoms with Gasteiger partial charge in [0.25, 0.3) is 11.8 Å². The largest absolute Gasteiger partial charge is 0.336 e. The van der Waals surface area contributed by atoms with Crippen LogP contribution in [0, 0.1) is 0 Å². The summed E-state index contributed by atoms with van der Waals surface area (Å²) < 4.78 is 0.776. The van der Waals surface area contributed by atoms with E-state index < -0.39 is 6.04 Å². The number of hydrogen-bond donors (Lipinski definition) is 4. The van der Waals surface area contributed by atoms with E-state index in [0.29, 0.717) is 22.5 Å². The number of anilines is 2. The first-order valence-electron chi connectivity index (χ1n) is 8.49. The molecule has 3 rings (SSSR count). The molecule has 1 atom stereocenters. The minimum Gasteiger partial charge on any atom is -0.336 e. The van der Waals surface area contributed by atoms with Crippen molar-refractivity contribution < 1.29 is 14.8 Å². The summed E-state index contributed by atoms with van der Waals surface area (Å²) in [5, 5.41) is 14.5. The van der Waals surface area contributed by atoms with Gasteiger partial charge in [0.15, 0.2) is 0 Å². The Morgan fingerprint density at radius 2 is 1.54 bits per heavy atom. The van der Waals surface area contributed by atoms with E-state index in [0.717, 1.165) is 4.47 Å². The average Bonchev–Trinajstić information content (AvgIpc) is 2.73. The number of amides is 2. The standard InChI is InChI=1S/C21H18BrN3O3/c22-16-8-4-7-15(13-16)20(26)24-19(14-5-2-1-3-6-14)21(27)23-17-9-11-18(25-28)12-10-17/h1-13,19,25,28H,(H,23,27)(H,24,26)/t19-/m0/s1. The zero-order chi connectivity index (χ0) is 19.9. The second-order valence-electron chi connectivity index (χ2n) is 6.01. The molecule has 0 bridgehead atoms. The van der Waals surface area contributed by atoms with Gasteiger partial charge in [0.05, 0.1) is 5.69 Å². The molecular weight excluding hydrogens is 422 g/mol. The first-order valence-corrected chi connectivity index (χ1v) is 9.28. The number of carbonyl (C=O) groups is 2. The summed E-state index contributed by atoms with van der Waals surface area (Å²) in [6, 6.07) is 21.6. The predicted octanol–water partition coefficient (Wildman–Crippen LogP) is 4.36. The van der Waals surface area contributed by atoms with Crippen molar-refractivity contribution in [3.63, 3.8) is 0 Å². The van der Waals surface area contributed by atoms with E-state index in [1.165, 1.54) is 0 Å². The zero-order valence-electron chi connectivity index (χ0n) is 14.7. The molecule has 3 aromatic rings. The van der Waals surface area contributed by atoms with Gasteiger partial charge in [-0.1, -0.05) is 52.3 Å². The molecule has 7 heteroatoms. The lowest BCUT2D eigenvalue weighted by atomic mass is 10.1. The molecule has 0 aromatic heterocycles. The first kappa shape index (κ1) is 19.6. The second-order valence-corrected chi connectivity index (χ2v) is 6.92. The third kappa shape index (κ3) is 4.97. The minimum atomic E-state index is -0.872. The zero-order valence-corrected chi connectivity index (χ0v) is 16.3. The molecule has 0 radical (unpaired) electrons. The molecule has 0 saturated carbocycles. The Balaban J connectivity index is 1.82. The summed E-state index contributed by atoms with van der Waals surface area (Å²) in [6.45, 7) is 0. The first-order chi connectivity index (χ1) is 13.6. The molecule has 0 spiro atoms. The SMILES string of the molecule is O=C(N[C@H](C(=O)Nc1ccc(NO)cc1)c1ccccc1)c1cccc(Br)c1. The summed E-state index contributed by atoms with van der Waals surface area (Å²) >= 11 is 3.34. The van der Waals surface area contributed by atoms with Gasteiger partial charge in [-0.2, -0.15) is 0 Å². The smallest absolute Gasteiger partial charge is 0.252 e. The highest BCUT2D eigenvalue weighted by Crippen LogP contribution is 2.19. The van der Waals surface area contributed by atoms with Gasteiger partial charge in [0.1, 0.15) is 6.04 Å². The molecule has 0 unspecified atom stereocenters. The minimum absolute atomic E-state index is 0.356. The molecule has 142 valence electrons. The normalized spacial score (nSPS) is 11.4. The van der Waals surface area contributed by atoms with Gasteiger partial charge in [-0.3, -0.25) is 20.3 Å². The number of nitrogens with one attached hydrogen (secondary N) is 3. The number of carbonyl (C=O) groups excluding carboxylic acids is 2. The average molecular weight is 440 g/mol. The van der Waals surface area contributed by atoms with Crippen molar-refractivity contribution in [3.05, 3.63) is 94.5 Å². The summed E-state index contributed by atoms with van der Waals surface area (Å²) in [4.78, 5) is 25.6. The highest BCUT2D eigenvalue weighted by atomic mass is 79.9. The molecule has 3 aromatic carbocycles. The van der Waals surface area contributed by atoms with Crippen LogP contribution >= 0.6 is 15.9 Å². The second kappa shape index (κ2) is 9.16. The fourth-order valence-electron chi connectivity index (χ4n) is 2.63. The lowest BCUT2D eigenvalue weighted by Gasteiger charge is -2.19. The third-order valence-corrected chi connectivity index (χ3v) is 4.53. The molecule has 2 amide bonds. The van der Waals surface area contributed by atoms with E-state index in [9.17, 15) is 9.59 Å². The number of benzene rings is 3. The summed E-state index contributed by atoms with van der Waals surface area (Å²) in [6.07, 6.45) is 0. The van der Waals surface area contributed by atoms with Crippen molar-refractivity contribution in [2.75, 3.05) is 10.8 Å². The Hall–Kier alpha value is -3.16. The maximum atomic E-state index is 12.9. The van der Waals surface area contributed by atoms with Gasteiger partial charge >= 0.3 is 0 Å². The van der Waals surface area contributed by atoms with Crippen LogP contribution in [0.2, 0.25) is 0 Å². The predicted molar refractivity (Wildman–Crippen MR) is 111 cm³/mol. The van der Waals surface area contributed by atoms with E-state index in [1.807, 2.05) is 29.7 Å². The molecule has 0 aliphatic carbocycles. The Kier molecular flexibility index (Phi) is 6.41. The van der Waals surface area contributed by atoms with Crippen LogP contribution in [0.4, 0.5) is 11.4 Å². The van der Waals surface area contributed by atoms with E-state index in [2.05, 4.69) is 26.6 Å². The maximum absolute atomic E-state index is 12.9. The van der Waals surface area contributed by atoms with Crippen LogP contribution in [-0.2, 0) is 4.79 Å². The van der Waals surface area contributed by atoms with Gasteiger partial charge < -0.3 is 10.6 Å². The fourth-order valence-corrected chi connectivity index (χ4v) is 3.03. The molecule has 4 N–H and O–H groups in total. The van der Waals surface area contributed by atoms with Crippen molar-refractivity contribution in [3.8, 4) is 0 Å². The molecule has 0 fully saturated rings. The summed E-state index contributed by atoms with van der Waals surface area (Å²) in [5.41, 5.74) is 4.18. The van der Waals surface area contributed by atoms with Crippen LogP contribution in [0.3, 0.4) is 0 Å². The Bertz CT molecular complexity index is 962. The van der Waals surface area contributed by atoms with Crippen molar-refractivity contribution >= 4 is 39.1 Å². The van der Waals surface area contributed by atoms with Crippen molar-refractivity contribution in [2.24, 2.45) is 0 Å². The molecular formula is C21H18BrN3O3. The van der Waals surface area contributed by atoms with E-state index >= 15 is 0 Å². The van der Waals surface area contributed by atoms with Gasteiger partial charge in [-0.25, -0.2) is 0 Å². The highest BCUT2D eigenvalue weighted by Gasteiger charge is 2.23. The number of rotatable bonds is 6. The molecule has 0 heterocycles. The van der Waals surface area contributed by atoms with Gasteiger partial charge in [0, 0.05) is 15.7 Å². The molecule has 6 nitrogen and oxygen atoms in total. The lowest BCUT2D eigenvalue weighted by molar-refractivity contribution is -0.118. The van der Waals surface area contributed by atoms with Crippen LogP contribution in [0.15, 0.2) is 83.3 Å². The highest BCUT2D eigenvalue weighted by molar-refractivity contribution is 9.10. The quantitative estimate of drug-likeness (QED) is 0.429. The van der Waals surface area contributed by atoms with Crippen molar-refractivity contribution in [2.45, 2.75) is 6.04 Å². The van der Waals surface area contributed by atoms with Crippen molar-refractivity contribution in [1.29, 1.82) is 0 Å². The summed E-state index contributed by atoms with van der Waals surface area (Å²) in [7, 11) is 0. The lowest BCUT2D eigenvalue weighted by Crippen LogP contribution is -2.37. The topological polar surface area (TPSA) is 90.5 Å². The van der Waals surface area contributed by atoms with Gasteiger partial charge in [-0.05, 0) is 48.0 Å². The van der Waals surface area contributed by atoms with E-state index in [-0.39, 0.29) is 11.8 Å². The monoisotopic (exact) mass is 439 g/mol.